The van der Waals surface area contributed by atoms with Crippen molar-refractivity contribution in [3.63, 3.8) is 0 Å². The number of piperidine rings is 1. The number of nitrogens with zero attached hydrogens (tertiary/aromatic N) is 6. The summed E-state index contributed by atoms with van der Waals surface area (Å²) in [6.45, 7) is 4.21. The van der Waals surface area contributed by atoms with Crippen LogP contribution in [0.5, 0.6) is 5.88 Å². The smallest absolute Gasteiger partial charge is 0.326 e. The van der Waals surface area contributed by atoms with Gasteiger partial charge in [-0.3, -0.25) is 9.58 Å². The monoisotopic (exact) mass is 520 g/mol. The number of pyridine rings is 1. The molecule has 0 unspecified atom stereocenters. The fourth-order valence-corrected chi connectivity index (χ4v) is 6.27. The number of urea groups is 1. The zero-order valence-electron chi connectivity index (χ0n) is 21.6. The van der Waals surface area contributed by atoms with Gasteiger partial charge in [-0.25, -0.2) is 9.78 Å². The molecule has 4 heterocycles. The molecule has 1 aromatic carbocycles. The van der Waals surface area contributed by atoms with Crippen molar-refractivity contribution in [2.24, 2.45) is 7.05 Å². The van der Waals surface area contributed by atoms with Gasteiger partial charge in [-0.1, -0.05) is 35.9 Å². The van der Waals surface area contributed by atoms with Gasteiger partial charge >= 0.3 is 6.03 Å². The number of aromatic nitrogens is 3. The van der Waals surface area contributed by atoms with Gasteiger partial charge in [0.05, 0.1) is 24.7 Å². The van der Waals surface area contributed by atoms with Crippen LogP contribution in [0.15, 0.2) is 42.7 Å². The van der Waals surface area contributed by atoms with Crippen molar-refractivity contribution in [2.45, 2.75) is 57.2 Å². The lowest BCUT2D eigenvalue weighted by molar-refractivity contribution is 0.136. The van der Waals surface area contributed by atoms with Crippen LogP contribution in [0.25, 0.3) is 0 Å². The van der Waals surface area contributed by atoms with Crippen molar-refractivity contribution < 1.29 is 9.53 Å². The van der Waals surface area contributed by atoms with Gasteiger partial charge in [-0.05, 0) is 55.7 Å². The summed E-state index contributed by atoms with van der Waals surface area (Å²) >= 11 is 6.52. The lowest BCUT2D eigenvalue weighted by Gasteiger charge is -2.46. The minimum absolute atomic E-state index is 0.0414. The Bertz CT molecular complexity index is 1310. The lowest BCUT2D eigenvalue weighted by atomic mass is 9.97. The highest BCUT2D eigenvalue weighted by molar-refractivity contribution is 6.33. The number of halogens is 1. The Morgan fingerprint density at radius 3 is 2.57 bits per heavy atom. The fraction of sp³-hybridized carbons (Fsp3) is 0.464. The molecule has 2 fully saturated rings. The number of ether oxygens (including phenoxy) is 1. The number of rotatable bonds is 6. The summed E-state index contributed by atoms with van der Waals surface area (Å²) in [4.78, 5) is 24.7. The largest absolute Gasteiger partial charge is 0.479 e. The van der Waals surface area contributed by atoms with Crippen molar-refractivity contribution in [1.82, 2.24) is 19.7 Å². The highest BCUT2D eigenvalue weighted by Crippen LogP contribution is 2.44. The summed E-state index contributed by atoms with van der Waals surface area (Å²) in [6, 6.07) is 10.5. The molecule has 0 bridgehead atoms. The summed E-state index contributed by atoms with van der Waals surface area (Å²) in [5.74, 6) is 1.94. The topological polar surface area (TPSA) is 66.7 Å². The molecule has 3 aromatic rings. The van der Waals surface area contributed by atoms with E-state index >= 15 is 0 Å². The summed E-state index contributed by atoms with van der Waals surface area (Å²) < 4.78 is 7.31. The first kappa shape index (κ1) is 24.1. The molecular weight excluding hydrogens is 488 g/mol. The van der Waals surface area contributed by atoms with Gasteiger partial charge in [0.1, 0.15) is 5.69 Å². The number of hydrogen-bond acceptors (Lipinski definition) is 5. The average Bonchev–Trinajstić information content (AvgIpc) is 3.68. The molecule has 1 saturated carbocycles. The van der Waals surface area contributed by atoms with E-state index < -0.39 is 0 Å². The summed E-state index contributed by atoms with van der Waals surface area (Å²) in [6.07, 6.45) is 7.86. The van der Waals surface area contributed by atoms with Crippen molar-refractivity contribution in [1.29, 1.82) is 0 Å². The van der Waals surface area contributed by atoms with Crippen LogP contribution in [0.4, 0.5) is 16.3 Å². The number of hydrogen-bond donors (Lipinski definition) is 0. The van der Waals surface area contributed by atoms with Crippen molar-refractivity contribution in [2.75, 3.05) is 30.0 Å². The van der Waals surface area contributed by atoms with Crippen LogP contribution in [0.1, 0.15) is 61.3 Å². The third-order valence-corrected chi connectivity index (χ3v) is 8.33. The minimum atomic E-state index is -0.0424. The van der Waals surface area contributed by atoms with Crippen molar-refractivity contribution in [3.8, 4) is 5.88 Å². The van der Waals surface area contributed by atoms with Crippen LogP contribution in [0.2, 0.25) is 5.02 Å². The summed E-state index contributed by atoms with van der Waals surface area (Å²) in [5, 5.41) is 5.36. The van der Waals surface area contributed by atoms with Gasteiger partial charge in [0.2, 0.25) is 5.88 Å². The summed E-state index contributed by atoms with van der Waals surface area (Å²) in [5.41, 5.74) is 4.52. The predicted octanol–water partition coefficient (Wildman–Crippen LogP) is 5.53. The highest BCUT2D eigenvalue weighted by atomic mass is 35.5. The molecule has 9 heteroatoms. The van der Waals surface area contributed by atoms with E-state index in [1.54, 1.807) is 19.4 Å². The number of methoxy groups -OCH3 is 1. The number of carbonyl (C=O) groups excluding carboxylic acids is 1. The third kappa shape index (κ3) is 4.31. The Kier molecular flexibility index (Phi) is 6.23. The van der Waals surface area contributed by atoms with Crippen LogP contribution < -0.4 is 14.5 Å². The molecule has 1 saturated heterocycles. The fourth-order valence-electron chi connectivity index (χ4n) is 6.02. The predicted molar refractivity (Wildman–Crippen MR) is 144 cm³/mol. The molecule has 37 heavy (non-hydrogen) atoms. The van der Waals surface area contributed by atoms with Gasteiger partial charge in [0.15, 0.2) is 5.82 Å². The second-order valence-corrected chi connectivity index (χ2v) is 10.8. The molecular formula is C28H33ClN6O2. The number of amides is 2. The van der Waals surface area contributed by atoms with E-state index in [0.29, 0.717) is 23.4 Å². The molecule has 0 spiro atoms. The molecule has 1 aliphatic carbocycles. The lowest BCUT2D eigenvalue weighted by Crippen LogP contribution is -2.55. The zero-order chi connectivity index (χ0) is 25.7. The molecule has 8 nitrogen and oxygen atoms in total. The first-order chi connectivity index (χ1) is 18.0. The van der Waals surface area contributed by atoms with E-state index in [4.69, 9.17) is 21.4 Å². The Balaban J connectivity index is 1.27. The number of fused-ring (bicyclic) bond motifs is 1. The van der Waals surface area contributed by atoms with E-state index in [9.17, 15) is 4.79 Å². The molecule has 0 radical (unpaired) electrons. The Morgan fingerprint density at radius 1 is 1.08 bits per heavy atom. The van der Waals surface area contributed by atoms with E-state index in [1.165, 1.54) is 24.0 Å². The first-order valence-electron chi connectivity index (χ1n) is 13.1. The van der Waals surface area contributed by atoms with E-state index in [0.717, 1.165) is 43.0 Å². The Labute approximate surface area is 222 Å². The minimum Gasteiger partial charge on any atom is -0.479 e. The Hall–Kier alpha value is -3.26. The van der Waals surface area contributed by atoms with E-state index in [1.807, 2.05) is 16.6 Å². The highest BCUT2D eigenvalue weighted by Gasteiger charge is 2.42. The van der Waals surface area contributed by atoms with Crippen LogP contribution in [0, 0.1) is 0 Å². The number of anilines is 2. The second kappa shape index (κ2) is 9.56. The quantitative estimate of drug-likeness (QED) is 0.427. The van der Waals surface area contributed by atoms with Crippen molar-refractivity contribution in [3.05, 3.63) is 64.4 Å². The van der Waals surface area contributed by atoms with Gasteiger partial charge in [0.25, 0.3) is 0 Å². The van der Waals surface area contributed by atoms with Crippen LogP contribution in [-0.2, 0) is 13.6 Å². The maximum atomic E-state index is 14.2. The van der Waals surface area contributed by atoms with E-state index in [-0.39, 0.29) is 18.1 Å². The molecule has 0 N–H and O–H groups in total. The molecule has 194 valence electrons. The standard InChI is InChI=1S/C28H33ClN6O2/c1-18-23-17-32(2)31-26(23)34(16-20-6-4-5-7-22(20)19-8-9-19)28(36)35(18)21-11-14-33(15-12-21)25-24(29)10-13-30-27(25)37-3/h4-7,10,13,17-19,21H,8-9,11-12,14-16H2,1-3H3/t18-/m0/s1. The Morgan fingerprint density at radius 2 is 1.84 bits per heavy atom. The maximum Gasteiger partial charge on any atom is 0.326 e. The van der Waals surface area contributed by atoms with Crippen molar-refractivity contribution >= 4 is 29.1 Å². The zero-order valence-corrected chi connectivity index (χ0v) is 22.4. The van der Waals surface area contributed by atoms with Gasteiger partial charge < -0.3 is 14.5 Å². The third-order valence-electron chi connectivity index (χ3n) is 8.02. The molecule has 3 aliphatic rings. The number of benzene rings is 1. The molecule has 2 aromatic heterocycles. The van der Waals surface area contributed by atoms with Gasteiger partial charge in [-0.2, -0.15) is 5.10 Å². The van der Waals surface area contributed by atoms with Crippen LogP contribution in [-0.4, -0.2) is 51.9 Å². The number of carbonyl (C=O) groups is 1. The molecule has 2 amide bonds. The maximum absolute atomic E-state index is 14.2. The first-order valence-corrected chi connectivity index (χ1v) is 13.5. The normalized spacial score (nSPS) is 20.4. The van der Waals surface area contributed by atoms with Gasteiger partial charge in [0, 0.05) is 44.1 Å². The average molecular weight is 521 g/mol. The van der Waals surface area contributed by atoms with Gasteiger partial charge in [-0.15, -0.1) is 0 Å². The second-order valence-electron chi connectivity index (χ2n) is 10.4. The SMILES string of the molecule is COc1nccc(Cl)c1N1CCC(N2C(=O)N(Cc3ccccc3C3CC3)c3nn(C)cc3[C@@H]2C)CC1. The molecule has 1 atom stereocenters. The van der Waals surface area contributed by atoms with Crippen LogP contribution in [0.3, 0.4) is 0 Å². The number of aryl methyl sites for hydroxylation is 1. The van der Waals surface area contributed by atoms with E-state index in [2.05, 4.69) is 52.2 Å². The summed E-state index contributed by atoms with van der Waals surface area (Å²) in [7, 11) is 3.55. The molecule has 2 aliphatic heterocycles. The molecule has 6 rings (SSSR count). The van der Waals surface area contributed by atoms with Crippen LogP contribution >= 0.6 is 11.6 Å².